The molecule has 1 amide bonds. The molecule has 1 saturated heterocycles. The zero-order valence-electron chi connectivity index (χ0n) is 11.4. The van der Waals surface area contributed by atoms with Gasteiger partial charge in [0, 0.05) is 6.20 Å². The van der Waals surface area contributed by atoms with Gasteiger partial charge in [-0.15, -0.1) is 0 Å². The fourth-order valence-corrected chi connectivity index (χ4v) is 2.17. The molecule has 0 bridgehead atoms. The lowest BCUT2D eigenvalue weighted by molar-refractivity contribution is 0.0957. The van der Waals surface area contributed by atoms with E-state index in [0.717, 1.165) is 19.6 Å². The average Bonchev–Trinajstić information content (AvgIpc) is 2.48. The third kappa shape index (κ3) is 4.25. The number of rotatable bonds is 3. The third-order valence-electron chi connectivity index (χ3n) is 3.28. The summed E-state index contributed by atoms with van der Waals surface area (Å²) in [6.45, 7) is 3.24. The Kier molecular flexibility index (Phi) is 5.39. The minimum absolute atomic E-state index is 0.116. The molecule has 0 unspecified atom stereocenters. The number of H-pyrrole nitrogens is 1. The summed E-state index contributed by atoms with van der Waals surface area (Å²) in [4.78, 5) is 27.9. The van der Waals surface area contributed by atoms with Crippen molar-refractivity contribution in [3.63, 3.8) is 0 Å². The van der Waals surface area contributed by atoms with Crippen LogP contribution in [-0.4, -0.2) is 42.0 Å². The number of nitrogens with zero attached hydrogens (tertiary/aromatic N) is 1. The minimum atomic E-state index is -0.390. The summed E-state index contributed by atoms with van der Waals surface area (Å²) in [5, 5.41) is 2.63. The fourth-order valence-electron chi connectivity index (χ4n) is 2.17. The van der Waals surface area contributed by atoms with E-state index in [4.69, 9.17) is 0 Å². The van der Waals surface area contributed by atoms with E-state index in [-0.39, 0.29) is 23.6 Å². The Morgan fingerprint density at radius 1 is 1.30 bits per heavy atom. The number of amides is 1. The number of pyridine rings is 1. The number of carbonyl (C=O) groups is 1. The maximum atomic E-state index is 11.7. The van der Waals surface area contributed by atoms with Crippen molar-refractivity contribution in [3.05, 3.63) is 34.2 Å². The zero-order chi connectivity index (χ0) is 14.2. The van der Waals surface area contributed by atoms with Crippen molar-refractivity contribution in [1.82, 2.24) is 15.2 Å². The van der Waals surface area contributed by atoms with E-state index in [1.165, 1.54) is 31.5 Å². The van der Waals surface area contributed by atoms with Crippen LogP contribution in [0.1, 0.15) is 29.6 Å². The molecule has 1 aliphatic rings. The Morgan fingerprint density at radius 2 is 2.10 bits per heavy atom. The summed E-state index contributed by atoms with van der Waals surface area (Å²) in [6.07, 6.45) is 5.30. The first-order valence-corrected chi connectivity index (χ1v) is 6.91. The second-order valence-electron chi connectivity index (χ2n) is 4.79. The molecule has 1 aromatic heterocycles. The average molecular weight is 273 g/mol. The zero-order valence-corrected chi connectivity index (χ0v) is 11.4. The summed E-state index contributed by atoms with van der Waals surface area (Å²) >= 11 is 0. The molecule has 0 aromatic carbocycles. The minimum Gasteiger partial charge on any atom is -0.341 e. The second-order valence-corrected chi connectivity index (χ2v) is 4.79. The molecule has 1 aromatic rings. The van der Waals surface area contributed by atoms with Gasteiger partial charge >= 0.3 is 0 Å². The maximum Gasteiger partial charge on any atom is 0.260 e. The fraction of sp³-hybridized carbons (Fsp3) is 0.467. The number of likely N-dealkylation sites (tertiary alicyclic amines) is 1. The van der Waals surface area contributed by atoms with Gasteiger partial charge in [0.05, 0.1) is 13.1 Å². The van der Waals surface area contributed by atoms with Gasteiger partial charge in [-0.25, -0.2) is 0 Å². The van der Waals surface area contributed by atoms with E-state index in [1.807, 2.05) is 0 Å². The van der Waals surface area contributed by atoms with Gasteiger partial charge in [-0.05, 0) is 38.1 Å². The number of hydrogen-bond donors (Lipinski definition) is 2. The predicted molar refractivity (Wildman–Crippen MR) is 77.5 cm³/mol. The Morgan fingerprint density at radius 3 is 2.85 bits per heavy atom. The lowest BCUT2D eigenvalue weighted by atomic mass is 10.1. The third-order valence-corrected chi connectivity index (χ3v) is 3.28. The van der Waals surface area contributed by atoms with Gasteiger partial charge in [0.2, 0.25) is 0 Å². The summed E-state index contributed by atoms with van der Waals surface area (Å²) in [6, 6.07) is 3.12. The number of aromatic amines is 1. The van der Waals surface area contributed by atoms with Gasteiger partial charge < -0.3 is 10.3 Å². The van der Waals surface area contributed by atoms with Crippen LogP contribution in [0.3, 0.4) is 0 Å². The van der Waals surface area contributed by atoms with Gasteiger partial charge in [-0.1, -0.05) is 18.3 Å². The van der Waals surface area contributed by atoms with Crippen LogP contribution in [0.25, 0.3) is 0 Å². The van der Waals surface area contributed by atoms with E-state index in [1.54, 1.807) is 6.07 Å². The van der Waals surface area contributed by atoms with Crippen LogP contribution in [0.4, 0.5) is 0 Å². The van der Waals surface area contributed by atoms with Crippen molar-refractivity contribution >= 4 is 5.91 Å². The highest BCUT2D eigenvalue weighted by Crippen LogP contribution is 2.06. The van der Waals surface area contributed by atoms with Crippen molar-refractivity contribution in [2.45, 2.75) is 19.3 Å². The van der Waals surface area contributed by atoms with Gasteiger partial charge in [0.15, 0.2) is 0 Å². The highest BCUT2D eigenvalue weighted by molar-refractivity contribution is 5.93. The molecule has 0 atom stereocenters. The highest BCUT2D eigenvalue weighted by Gasteiger charge is 2.08. The van der Waals surface area contributed by atoms with Crippen LogP contribution < -0.4 is 10.9 Å². The van der Waals surface area contributed by atoms with Crippen LogP contribution in [0.15, 0.2) is 23.1 Å². The van der Waals surface area contributed by atoms with Crippen LogP contribution in [0, 0.1) is 11.8 Å². The quantitative estimate of drug-likeness (QED) is 0.792. The lowest BCUT2D eigenvalue weighted by Gasteiger charge is -2.23. The predicted octanol–water partition coefficient (Wildman–Crippen LogP) is 0.594. The largest absolute Gasteiger partial charge is 0.341 e. The van der Waals surface area contributed by atoms with Gasteiger partial charge in [-0.3, -0.25) is 14.5 Å². The molecule has 1 fully saturated rings. The van der Waals surface area contributed by atoms with E-state index in [2.05, 4.69) is 27.0 Å². The molecule has 5 heteroatoms. The lowest BCUT2D eigenvalue weighted by Crippen LogP contribution is -2.30. The Bertz CT molecular complexity index is 562. The summed E-state index contributed by atoms with van der Waals surface area (Å²) in [5.74, 6) is 5.58. The van der Waals surface area contributed by atoms with Crippen molar-refractivity contribution in [1.29, 1.82) is 0 Å². The van der Waals surface area contributed by atoms with Crippen molar-refractivity contribution in [3.8, 4) is 11.8 Å². The molecule has 2 N–H and O–H groups in total. The molecule has 0 aliphatic carbocycles. The number of nitrogens with one attached hydrogen (secondary N) is 2. The summed E-state index contributed by atoms with van der Waals surface area (Å²) in [5.41, 5.74) is -0.267. The van der Waals surface area contributed by atoms with E-state index < -0.39 is 0 Å². The van der Waals surface area contributed by atoms with Crippen LogP contribution >= 0.6 is 0 Å². The molecule has 106 valence electrons. The monoisotopic (exact) mass is 273 g/mol. The molecule has 2 heterocycles. The van der Waals surface area contributed by atoms with Gasteiger partial charge in [0.1, 0.15) is 5.56 Å². The summed E-state index contributed by atoms with van der Waals surface area (Å²) < 4.78 is 0. The smallest absolute Gasteiger partial charge is 0.260 e. The molecule has 0 saturated carbocycles. The Hall–Kier alpha value is -2.06. The summed E-state index contributed by atoms with van der Waals surface area (Å²) in [7, 11) is 0. The first-order chi connectivity index (χ1) is 9.77. The standard InChI is InChI=1S/C15H19N3O2/c19-14(13-7-6-9-17-15(13)20)16-8-2-5-12-18-10-3-1-4-11-18/h6-7,9H,1,3-4,8,10-12H2,(H,16,19)(H,17,20). The van der Waals surface area contributed by atoms with Crippen molar-refractivity contribution in [2.24, 2.45) is 0 Å². The van der Waals surface area contributed by atoms with Crippen LogP contribution in [-0.2, 0) is 0 Å². The number of piperidine rings is 1. The van der Waals surface area contributed by atoms with E-state index in [0.29, 0.717) is 0 Å². The number of carbonyl (C=O) groups excluding carboxylic acids is 1. The molecular weight excluding hydrogens is 254 g/mol. The Balaban J connectivity index is 1.74. The Labute approximate surface area is 118 Å². The normalized spacial score (nSPS) is 15.2. The van der Waals surface area contributed by atoms with E-state index >= 15 is 0 Å². The maximum absolute atomic E-state index is 11.7. The molecule has 5 nitrogen and oxygen atoms in total. The first kappa shape index (κ1) is 14.4. The number of hydrogen-bond acceptors (Lipinski definition) is 3. The molecule has 1 aliphatic heterocycles. The van der Waals surface area contributed by atoms with E-state index in [9.17, 15) is 9.59 Å². The van der Waals surface area contributed by atoms with Crippen molar-refractivity contribution in [2.75, 3.05) is 26.2 Å². The molecule has 20 heavy (non-hydrogen) atoms. The molecular formula is C15H19N3O2. The van der Waals surface area contributed by atoms with Gasteiger partial charge in [0.25, 0.3) is 11.5 Å². The first-order valence-electron chi connectivity index (χ1n) is 6.91. The van der Waals surface area contributed by atoms with Crippen LogP contribution in [0.5, 0.6) is 0 Å². The van der Waals surface area contributed by atoms with Crippen LogP contribution in [0.2, 0.25) is 0 Å². The van der Waals surface area contributed by atoms with Gasteiger partial charge in [-0.2, -0.15) is 0 Å². The molecule has 2 rings (SSSR count). The topological polar surface area (TPSA) is 65.2 Å². The molecule has 0 spiro atoms. The SMILES string of the molecule is O=C(NCC#CCN1CCCCC1)c1ccc[nH]c1=O. The highest BCUT2D eigenvalue weighted by atomic mass is 16.2. The second kappa shape index (κ2) is 7.51. The molecule has 0 radical (unpaired) electrons. The number of aromatic nitrogens is 1. The van der Waals surface area contributed by atoms with Crippen molar-refractivity contribution < 1.29 is 4.79 Å².